The Labute approximate surface area is 395 Å². The van der Waals surface area contributed by atoms with E-state index in [0.29, 0.717) is 11.6 Å². The average Bonchev–Trinajstić information content (AvgIpc) is 3.52. The van der Waals surface area contributed by atoms with Crippen LogP contribution in [0, 0.1) is 0 Å². The van der Waals surface area contributed by atoms with Crippen molar-refractivity contribution in [1.29, 1.82) is 0 Å². The number of aromatic nitrogens is 5. The highest BCUT2D eigenvalue weighted by molar-refractivity contribution is 6.16. The van der Waals surface area contributed by atoms with Crippen molar-refractivity contribution in [1.82, 2.24) is 24.5 Å². The summed E-state index contributed by atoms with van der Waals surface area (Å²) in [6.07, 6.45) is 14.6. The lowest BCUT2D eigenvalue weighted by atomic mass is 9.91. The quantitative estimate of drug-likeness (QED) is 0.145. The van der Waals surface area contributed by atoms with Gasteiger partial charge in [-0.15, -0.1) is 0 Å². The molecule has 0 spiro atoms. The molecule has 0 fully saturated rings. The standard InChI is InChI=1S/C63H43N5/c1-2-8-22-44(21-7-1)50-38-51(45-23-11-4-12-24-45)40-52(39-50)56-35-36-64-62(65-56)63-66-57(46-25-13-5-14-26-46)42-58(67-63)49-28-17-27-48(37-49)54-31-18-32-60-61(54)55-41-47(43-19-9-3-10-20-43)33-34-59(55)68(60)53-29-15-6-16-30-53/h1-42,44H. The van der Waals surface area contributed by atoms with Crippen molar-refractivity contribution in [2.24, 2.45) is 0 Å². The number of rotatable bonds is 9. The molecular weight excluding hydrogens is 827 g/mol. The Morgan fingerprint density at radius 1 is 0.353 bits per heavy atom. The van der Waals surface area contributed by atoms with Gasteiger partial charge in [-0.3, -0.25) is 0 Å². The molecule has 68 heavy (non-hydrogen) atoms. The smallest absolute Gasteiger partial charge is 0.198 e. The second kappa shape index (κ2) is 17.7. The van der Waals surface area contributed by atoms with Crippen LogP contribution in [0.1, 0.15) is 11.5 Å². The Bertz CT molecular complexity index is 3710. The van der Waals surface area contributed by atoms with Gasteiger partial charge in [0.05, 0.1) is 28.1 Å². The molecule has 0 radical (unpaired) electrons. The van der Waals surface area contributed by atoms with E-state index in [4.69, 9.17) is 19.9 Å². The first-order valence-electron chi connectivity index (χ1n) is 23.0. The molecule has 0 bridgehead atoms. The fourth-order valence-electron chi connectivity index (χ4n) is 9.47. The summed E-state index contributed by atoms with van der Waals surface area (Å²) in [4.78, 5) is 20.5. The van der Waals surface area contributed by atoms with Crippen LogP contribution in [-0.4, -0.2) is 24.5 Å². The SMILES string of the molecule is C1=CC=CC(c2cc(-c3ccccc3)cc(-c3ccnc(-c4nc(-c5ccccc5)cc(-c5cccc(-c6cccc7c6c6cc(-c8ccccc8)ccc6n7-c6ccccc6)c5)n4)n3)c2)C=C1. The lowest BCUT2D eigenvalue weighted by Crippen LogP contribution is -2.01. The number of nitrogens with zero attached hydrogens (tertiary/aromatic N) is 5. The van der Waals surface area contributed by atoms with E-state index in [1.165, 1.54) is 27.5 Å². The number of benzene rings is 8. The molecule has 0 unspecified atom stereocenters. The highest BCUT2D eigenvalue weighted by atomic mass is 15.0. The summed E-state index contributed by atoms with van der Waals surface area (Å²) < 4.78 is 2.38. The number of hydrogen-bond donors (Lipinski definition) is 0. The number of fused-ring (bicyclic) bond motifs is 3. The van der Waals surface area contributed by atoms with Crippen LogP contribution in [0.2, 0.25) is 0 Å². The van der Waals surface area contributed by atoms with E-state index in [1.54, 1.807) is 0 Å². The number of hydrogen-bond acceptors (Lipinski definition) is 4. The minimum atomic E-state index is 0.110. The molecule has 11 aromatic rings. The highest BCUT2D eigenvalue weighted by Gasteiger charge is 2.20. The Hall–Kier alpha value is -9.06. The largest absolute Gasteiger partial charge is 0.309 e. The van der Waals surface area contributed by atoms with E-state index in [-0.39, 0.29) is 5.92 Å². The zero-order valence-corrected chi connectivity index (χ0v) is 37.1. The summed E-state index contributed by atoms with van der Waals surface area (Å²) in [5.41, 5.74) is 16.8. The summed E-state index contributed by atoms with van der Waals surface area (Å²) in [7, 11) is 0. The van der Waals surface area contributed by atoms with E-state index in [0.717, 1.165) is 72.7 Å². The lowest BCUT2D eigenvalue weighted by molar-refractivity contribution is 1.08. The van der Waals surface area contributed by atoms with Crippen molar-refractivity contribution < 1.29 is 0 Å². The monoisotopic (exact) mass is 869 g/mol. The molecule has 0 aliphatic heterocycles. The van der Waals surface area contributed by atoms with E-state index < -0.39 is 0 Å². The van der Waals surface area contributed by atoms with E-state index in [2.05, 4.69) is 229 Å². The van der Waals surface area contributed by atoms with Crippen molar-refractivity contribution >= 4 is 21.8 Å². The third kappa shape index (κ3) is 7.82. The van der Waals surface area contributed by atoms with Crippen molar-refractivity contribution in [3.63, 3.8) is 0 Å². The van der Waals surface area contributed by atoms with Crippen molar-refractivity contribution in [3.05, 3.63) is 261 Å². The first kappa shape index (κ1) is 40.4. The number of allylic oxidation sites excluding steroid dienone is 6. The molecule has 0 N–H and O–H groups in total. The average molecular weight is 870 g/mol. The third-order valence-corrected chi connectivity index (χ3v) is 12.7. The number of para-hydroxylation sites is 1. The predicted molar refractivity (Wildman–Crippen MR) is 280 cm³/mol. The van der Waals surface area contributed by atoms with Crippen molar-refractivity contribution in [2.45, 2.75) is 5.92 Å². The molecular formula is C63H43N5. The third-order valence-electron chi connectivity index (χ3n) is 12.7. The van der Waals surface area contributed by atoms with Crippen LogP contribution in [-0.2, 0) is 0 Å². The molecule has 320 valence electrons. The van der Waals surface area contributed by atoms with Gasteiger partial charge in [0.2, 0.25) is 0 Å². The summed E-state index contributed by atoms with van der Waals surface area (Å²) >= 11 is 0. The predicted octanol–water partition coefficient (Wildman–Crippen LogP) is 15.8. The minimum absolute atomic E-state index is 0.110. The highest BCUT2D eigenvalue weighted by Crippen LogP contribution is 2.41. The van der Waals surface area contributed by atoms with Gasteiger partial charge in [0.25, 0.3) is 0 Å². The molecule has 0 saturated heterocycles. The summed E-state index contributed by atoms with van der Waals surface area (Å²) in [5.74, 6) is 1.02. The second-order valence-electron chi connectivity index (χ2n) is 17.0. The van der Waals surface area contributed by atoms with E-state index >= 15 is 0 Å². The zero-order chi connectivity index (χ0) is 45.2. The molecule has 1 aliphatic carbocycles. The van der Waals surface area contributed by atoms with Crippen LogP contribution in [0.25, 0.3) is 106 Å². The van der Waals surface area contributed by atoms with Crippen molar-refractivity contribution in [3.8, 4) is 84.5 Å². The van der Waals surface area contributed by atoms with Crippen LogP contribution in [0.15, 0.2) is 255 Å². The van der Waals surface area contributed by atoms with Gasteiger partial charge in [0.1, 0.15) is 0 Å². The molecule has 0 saturated carbocycles. The van der Waals surface area contributed by atoms with Gasteiger partial charge < -0.3 is 4.57 Å². The second-order valence-corrected chi connectivity index (χ2v) is 17.0. The van der Waals surface area contributed by atoms with Crippen LogP contribution in [0.3, 0.4) is 0 Å². The topological polar surface area (TPSA) is 56.5 Å². The summed E-state index contributed by atoms with van der Waals surface area (Å²) in [5, 5.41) is 2.39. The Kier molecular flexibility index (Phi) is 10.5. The fourth-order valence-corrected chi connectivity index (χ4v) is 9.47. The molecule has 3 aromatic heterocycles. The molecule has 8 aromatic carbocycles. The maximum Gasteiger partial charge on any atom is 0.198 e. The molecule has 0 amide bonds. The van der Waals surface area contributed by atoms with Gasteiger partial charge >= 0.3 is 0 Å². The zero-order valence-electron chi connectivity index (χ0n) is 37.1. The van der Waals surface area contributed by atoms with Gasteiger partial charge in [-0.2, -0.15) is 0 Å². The van der Waals surface area contributed by atoms with Gasteiger partial charge in [-0.05, 0) is 99.6 Å². The normalized spacial score (nSPS) is 12.5. The van der Waals surface area contributed by atoms with Crippen LogP contribution < -0.4 is 0 Å². The van der Waals surface area contributed by atoms with E-state index in [1.807, 2.05) is 30.5 Å². The maximum absolute atomic E-state index is 5.27. The molecule has 3 heterocycles. The Balaban J connectivity index is 0.995. The summed E-state index contributed by atoms with van der Waals surface area (Å²) in [6, 6.07) is 75.0. The van der Waals surface area contributed by atoms with Gasteiger partial charge in [0, 0.05) is 45.3 Å². The Morgan fingerprint density at radius 3 is 1.68 bits per heavy atom. The minimum Gasteiger partial charge on any atom is -0.309 e. The van der Waals surface area contributed by atoms with Crippen LogP contribution >= 0.6 is 0 Å². The fraction of sp³-hybridized carbons (Fsp3) is 0.0159. The van der Waals surface area contributed by atoms with Crippen LogP contribution in [0.4, 0.5) is 0 Å². The lowest BCUT2D eigenvalue weighted by Gasteiger charge is -2.14. The molecule has 5 nitrogen and oxygen atoms in total. The molecule has 12 rings (SSSR count). The molecule has 0 atom stereocenters. The maximum atomic E-state index is 5.27. The van der Waals surface area contributed by atoms with Crippen LogP contribution in [0.5, 0.6) is 0 Å². The van der Waals surface area contributed by atoms with E-state index in [9.17, 15) is 0 Å². The van der Waals surface area contributed by atoms with Crippen molar-refractivity contribution in [2.75, 3.05) is 0 Å². The first-order chi connectivity index (χ1) is 33.7. The molecule has 1 aliphatic rings. The van der Waals surface area contributed by atoms with Gasteiger partial charge in [-0.1, -0.05) is 188 Å². The first-order valence-corrected chi connectivity index (χ1v) is 23.0. The Morgan fingerprint density at radius 2 is 0.941 bits per heavy atom. The van der Waals surface area contributed by atoms with Gasteiger partial charge in [-0.25, -0.2) is 19.9 Å². The van der Waals surface area contributed by atoms with Gasteiger partial charge in [0.15, 0.2) is 11.6 Å². The molecule has 5 heteroatoms. The summed E-state index contributed by atoms with van der Waals surface area (Å²) in [6.45, 7) is 0.